The summed E-state index contributed by atoms with van der Waals surface area (Å²) in [6, 6.07) is -7.98. The Morgan fingerprint density at radius 1 is 0.244 bits per heavy atom. The van der Waals surface area contributed by atoms with E-state index in [9.17, 15) is 167 Å². The number of hydrogen-bond donors (Lipinski definition) is 33. The first-order chi connectivity index (χ1) is 62.0. The van der Waals surface area contributed by atoms with Crippen LogP contribution >= 0.6 is 0 Å². The molecule has 0 aromatic rings. The van der Waals surface area contributed by atoms with E-state index in [2.05, 4.69) is 21.3 Å². The molecule has 58 heteroatoms. The highest BCUT2D eigenvalue weighted by Crippen LogP contribution is 2.43. The van der Waals surface area contributed by atoms with E-state index in [1.54, 1.807) is 0 Å². The molecule has 11 heterocycles. The van der Waals surface area contributed by atoms with Crippen LogP contribution in [0.25, 0.3) is 0 Å². The van der Waals surface area contributed by atoms with Crippen molar-refractivity contribution in [3.05, 3.63) is 0 Å². The van der Waals surface area contributed by atoms with Crippen molar-refractivity contribution < 1.29 is 267 Å². The number of carbonyl (C=O) groups excluding carboxylic acids is 4. The Hall–Kier alpha value is -4.12. The van der Waals surface area contributed by atoms with Crippen molar-refractivity contribution in [2.75, 3.05) is 66.1 Å². The first-order valence-corrected chi connectivity index (χ1v) is 41.9. The Labute approximate surface area is 741 Å². The summed E-state index contributed by atoms with van der Waals surface area (Å²) in [7, 11) is 0. The second-order valence-electron chi connectivity index (χ2n) is 33.3. The van der Waals surface area contributed by atoms with Gasteiger partial charge in [0.1, 0.15) is 256 Å². The molecule has 54 atom stereocenters. The summed E-state index contributed by atoms with van der Waals surface area (Å²) in [5.74, 6) is -3.97. The second-order valence-corrected chi connectivity index (χ2v) is 33.3. The van der Waals surface area contributed by atoms with E-state index in [4.69, 9.17) is 99.5 Å². The van der Waals surface area contributed by atoms with Gasteiger partial charge in [-0.05, 0) is 6.92 Å². The van der Waals surface area contributed by atoms with Crippen molar-refractivity contribution in [1.29, 1.82) is 0 Å². The predicted octanol–water partition coefficient (Wildman–Crippen LogP) is -22.7. The van der Waals surface area contributed by atoms with Gasteiger partial charge in [-0.1, -0.05) is 0 Å². The SMILES string of the molecule is CC(=O)N[C@@H]1[C@@H](O[C@@H]2O[C@@H](C)[C@@H](O)[C@@H](O)[C@@H]2O)[C@H](O[C@@H]2O[C@H](CO)[C@@H](O[C@@H]3O[C@H](CO[C@H]4O[C@H](CO)[C@@H](O)[C@H](O)[C@@H]4O[C@@H]4O[C@H](CO)[C@@H](O)[C@H](O[C@@H]5O[C@H](CO)[C@H](O)[C@H](O)[C@H]5O)[C@H]4NC(C)=O)[C@@H](O)[C@H](O[C@H]4O[C@H](CO)[C@@H](O)[C@H](O)[C@@H]4O[C@@H]4O[C@H](CO)[C@@H](O)[C@H](O[C@@H]5O[C@H](CO)[C@H](O)[C@H](O)[C@H]5O)[C@H]4NC(C)=O)[C@@H]3O[C@@H]3OC[C@@H](O)[C@H](O)[C@H]3O)[C@H](O)[C@H]2NC(C)=O)[C@@H](CO)O[C@@H]1O. The molecule has 0 saturated carbocycles. The standard InChI is InChI=1S/C73H122N4O54/c1-16-35(91)45(101)51(107)68(113-16)127-58-32(75-18(3)87)63(110)114-29(13-85)55(58)124-64-31(74-17(2)86)44(100)54(28(12-84)121-64)123-73-62(131-67-50(106)36(92)21(90)14-111-67)59(128-72-61(49(105)40(96)25(9-81)120-72)130-66-34(77-20(5)89)57(42(98)27(11-83)116-66)126-70-53(109)47(103)38(94)23(7-79)118-70)43(99)30(122-73)15-112-71-60(48(104)39(95)24(8-80)119-71)129-65-33(76-19(4)88)56(41(97)26(10-82)115-65)125-69-52(108)46(102)37(93)22(6-78)117-69/h16,21-73,78-85,90-110H,6-15H2,1-5H3,(H,74,86)(H,75,87)(H,76,88)(H,77,89)/t16-,21+,22+,23+,24+,25+,26+,27+,28+,29+,30+,31+,32+,33+,34+,35+,36-,37-,38-,39+,40+,41+,42+,43+,44+,45+,46-,47-,48-,49-,50+,51-,52+,53+,54+,55+,56+,57+,58+,59-,60-,61-,62-,63-,64-,65-,66-,67-,68-,69-,70-,71-,72+,73-/m0/s1. The van der Waals surface area contributed by atoms with Crippen molar-refractivity contribution in [2.45, 2.75) is 366 Å². The van der Waals surface area contributed by atoms with Crippen LogP contribution in [-0.4, -0.2) is 569 Å². The zero-order chi connectivity index (χ0) is 96.2. The largest absolute Gasteiger partial charge is 0.394 e. The number of aliphatic hydroxyl groups is 29. The highest BCUT2D eigenvalue weighted by Gasteiger charge is 2.63. The second kappa shape index (κ2) is 46.8. The van der Waals surface area contributed by atoms with Crippen molar-refractivity contribution in [1.82, 2.24) is 21.3 Å². The molecule has 11 rings (SSSR count). The van der Waals surface area contributed by atoms with Gasteiger partial charge >= 0.3 is 0 Å². The van der Waals surface area contributed by atoms with Crippen molar-refractivity contribution in [2.24, 2.45) is 0 Å². The number of hydrogen-bond acceptors (Lipinski definition) is 54. The Bertz CT molecular complexity index is 3570. The first kappa shape index (κ1) is 107. The highest BCUT2D eigenvalue weighted by molar-refractivity contribution is 5.74. The lowest BCUT2D eigenvalue weighted by Gasteiger charge is -2.52. The summed E-state index contributed by atoms with van der Waals surface area (Å²) in [5.41, 5.74) is 0. The molecule has 33 N–H and O–H groups in total. The van der Waals surface area contributed by atoms with E-state index in [0.29, 0.717) is 0 Å². The van der Waals surface area contributed by atoms with Gasteiger partial charge in [0.2, 0.25) is 23.6 Å². The molecular formula is C73H122N4O54. The van der Waals surface area contributed by atoms with Crippen LogP contribution in [0.1, 0.15) is 34.6 Å². The van der Waals surface area contributed by atoms with Gasteiger partial charge in [0.15, 0.2) is 69.2 Å². The maximum absolute atomic E-state index is 13.6. The molecule has 131 heavy (non-hydrogen) atoms. The summed E-state index contributed by atoms with van der Waals surface area (Å²) in [6.45, 7) is -6.76. The molecule has 11 fully saturated rings. The van der Waals surface area contributed by atoms with Gasteiger partial charge in [-0.3, -0.25) is 19.2 Å². The molecule has 11 saturated heterocycles. The van der Waals surface area contributed by atoms with Gasteiger partial charge < -0.3 is 269 Å². The van der Waals surface area contributed by atoms with E-state index >= 15 is 0 Å². The molecule has 4 amide bonds. The fourth-order valence-electron chi connectivity index (χ4n) is 17.0. The smallest absolute Gasteiger partial charge is 0.217 e. The van der Waals surface area contributed by atoms with E-state index in [-0.39, 0.29) is 0 Å². The Kier molecular flexibility index (Phi) is 38.3. The number of ether oxygens (including phenoxy) is 21. The van der Waals surface area contributed by atoms with Crippen LogP contribution in [0.3, 0.4) is 0 Å². The molecule has 11 aliphatic heterocycles. The van der Waals surface area contributed by atoms with E-state index in [1.807, 2.05) is 0 Å². The number of carbonyl (C=O) groups is 4. The third-order valence-electron chi connectivity index (χ3n) is 24.2. The number of nitrogens with one attached hydrogen (secondary N) is 4. The fraction of sp³-hybridized carbons (Fsp3) is 0.945. The van der Waals surface area contributed by atoms with Gasteiger partial charge in [0.25, 0.3) is 0 Å². The lowest BCUT2D eigenvalue weighted by Crippen LogP contribution is -2.72. The molecule has 758 valence electrons. The normalized spacial score (nSPS) is 50.1. The molecule has 0 bridgehead atoms. The quantitative estimate of drug-likeness (QED) is 0.0290. The first-order valence-electron chi connectivity index (χ1n) is 41.9. The summed E-state index contributed by atoms with van der Waals surface area (Å²) < 4.78 is 128. The lowest BCUT2D eigenvalue weighted by molar-refractivity contribution is -0.413. The topological polar surface area (TPSA) is 897 Å². The van der Waals surface area contributed by atoms with Crippen LogP contribution in [0.15, 0.2) is 0 Å². The van der Waals surface area contributed by atoms with Gasteiger partial charge in [0, 0.05) is 27.7 Å². The fourth-order valence-corrected chi connectivity index (χ4v) is 17.0. The molecule has 0 aromatic heterocycles. The van der Waals surface area contributed by atoms with Crippen LogP contribution in [0.2, 0.25) is 0 Å². The zero-order valence-electron chi connectivity index (χ0n) is 70.4. The van der Waals surface area contributed by atoms with Gasteiger partial charge in [-0.2, -0.15) is 0 Å². The molecule has 0 unspecified atom stereocenters. The third kappa shape index (κ3) is 23.6. The Morgan fingerprint density at radius 2 is 0.550 bits per heavy atom. The van der Waals surface area contributed by atoms with E-state index in [0.717, 1.165) is 27.7 Å². The van der Waals surface area contributed by atoms with Gasteiger partial charge in [-0.25, -0.2) is 0 Å². The maximum Gasteiger partial charge on any atom is 0.217 e. The van der Waals surface area contributed by atoms with Gasteiger partial charge in [0.05, 0.1) is 72.2 Å². The molecule has 0 spiro atoms. The molecular weight excluding hydrogens is 1800 g/mol. The Balaban J connectivity index is 1.01. The van der Waals surface area contributed by atoms with Crippen LogP contribution < -0.4 is 21.3 Å². The van der Waals surface area contributed by atoms with Crippen LogP contribution in [0.4, 0.5) is 0 Å². The highest BCUT2D eigenvalue weighted by atomic mass is 16.8. The molecule has 0 aromatic carbocycles. The lowest BCUT2D eigenvalue weighted by atomic mass is 9.93. The van der Waals surface area contributed by atoms with Gasteiger partial charge in [-0.15, -0.1) is 0 Å². The van der Waals surface area contributed by atoms with Crippen molar-refractivity contribution >= 4 is 23.6 Å². The average molecular weight is 1920 g/mol. The van der Waals surface area contributed by atoms with E-state index < -0.39 is 421 Å². The summed E-state index contributed by atoms with van der Waals surface area (Å²) >= 11 is 0. The summed E-state index contributed by atoms with van der Waals surface area (Å²) in [4.78, 5) is 53.0. The number of rotatable bonds is 33. The molecule has 11 aliphatic rings. The summed E-state index contributed by atoms with van der Waals surface area (Å²) in [5, 5.41) is 336. The minimum atomic E-state index is -2.67. The number of aliphatic hydroxyl groups excluding tert-OH is 29. The van der Waals surface area contributed by atoms with Crippen molar-refractivity contribution in [3.8, 4) is 0 Å². The predicted molar refractivity (Wildman–Crippen MR) is 401 cm³/mol. The Morgan fingerprint density at radius 3 is 1.02 bits per heavy atom. The monoisotopic (exact) mass is 1920 g/mol. The zero-order valence-corrected chi connectivity index (χ0v) is 70.4. The van der Waals surface area contributed by atoms with Crippen LogP contribution in [-0.2, 0) is 119 Å². The van der Waals surface area contributed by atoms with Crippen molar-refractivity contribution in [3.63, 3.8) is 0 Å². The molecule has 0 radical (unpaired) electrons. The summed E-state index contributed by atoms with van der Waals surface area (Å²) in [6.07, 6.45) is -109. The maximum atomic E-state index is 13.6. The van der Waals surface area contributed by atoms with Crippen LogP contribution in [0, 0.1) is 0 Å². The molecule has 58 nitrogen and oxygen atoms in total. The van der Waals surface area contributed by atoms with E-state index in [1.165, 1.54) is 6.92 Å². The van der Waals surface area contributed by atoms with Crippen LogP contribution in [0.5, 0.6) is 0 Å². The minimum absolute atomic E-state index is 0.887. The average Bonchev–Trinajstić information content (AvgIpc) is 0.759. The molecule has 0 aliphatic carbocycles. The third-order valence-corrected chi connectivity index (χ3v) is 24.2. The number of amides is 4. The minimum Gasteiger partial charge on any atom is -0.394 e.